The lowest BCUT2D eigenvalue weighted by Gasteiger charge is -2.32. The van der Waals surface area contributed by atoms with Gasteiger partial charge in [0.05, 0.1) is 11.3 Å². The normalized spacial score (nSPS) is 22.1. The molecule has 1 aliphatic heterocycles. The van der Waals surface area contributed by atoms with Gasteiger partial charge in [-0.2, -0.15) is 0 Å². The van der Waals surface area contributed by atoms with Crippen molar-refractivity contribution in [2.24, 2.45) is 11.7 Å². The fourth-order valence-electron chi connectivity index (χ4n) is 4.33. The van der Waals surface area contributed by atoms with Gasteiger partial charge in [-0.05, 0) is 56.4 Å². The Balaban J connectivity index is 1.31. The number of nitrogens with zero attached hydrogens (tertiary/aromatic N) is 2. The predicted octanol–water partition coefficient (Wildman–Crippen LogP) is 2.74. The number of benzene rings is 1. The Morgan fingerprint density at radius 3 is 2.60 bits per heavy atom. The number of aromatic nitrogens is 1. The van der Waals surface area contributed by atoms with Crippen molar-refractivity contribution >= 4 is 11.8 Å². The largest absolute Gasteiger partial charge is 0.349 e. The van der Waals surface area contributed by atoms with Crippen LogP contribution in [0.1, 0.15) is 42.5 Å². The number of amides is 2. The molecule has 1 saturated carbocycles. The van der Waals surface area contributed by atoms with Gasteiger partial charge in [0.25, 0.3) is 5.91 Å². The lowest BCUT2D eigenvalue weighted by atomic mass is 10.0. The van der Waals surface area contributed by atoms with Gasteiger partial charge >= 0.3 is 0 Å². The second-order valence-electron chi connectivity index (χ2n) is 8.29. The van der Waals surface area contributed by atoms with Crippen molar-refractivity contribution in [1.82, 2.24) is 15.2 Å². The van der Waals surface area contributed by atoms with Crippen LogP contribution in [0.2, 0.25) is 0 Å². The van der Waals surface area contributed by atoms with Gasteiger partial charge in [-0.15, -0.1) is 0 Å². The van der Waals surface area contributed by atoms with E-state index in [1.165, 1.54) is 18.3 Å². The molecule has 1 aliphatic carbocycles. The Morgan fingerprint density at radius 2 is 1.90 bits per heavy atom. The van der Waals surface area contributed by atoms with Crippen molar-refractivity contribution in [2.75, 3.05) is 13.1 Å². The van der Waals surface area contributed by atoms with E-state index in [0.29, 0.717) is 23.2 Å². The quantitative estimate of drug-likeness (QED) is 0.811. The van der Waals surface area contributed by atoms with E-state index in [4.69, 9.17) is 5.73 Å². The minimum absolute atomic E-state index is 0.0126. The van der Waals surface area contributed by atoms with Crippen molar-refractivity contribution in [1.29, 1.82) is 0 Å². The monoisotopic (exact) mass is 410 g/mol. The fourth-order valence-corrected chi connectivity index (χ4v) is 4.33. The molecule has 2 heterocycles. The topological polar surface area (TPSA) is 88.3 Å². The summed E-state index contributed by atoms with van der Waals surface area (Å²) in [6.45, 7) is 1.47. The summed E-state index contributed by atoms with van der Waals surface area (Å²) in [7, 11) is 0. The highest BCUT2D eigenvalue weighted by Crippen LogP contribution is 2.28. The summed E-state index contributed by atoms with van der Waals surface area (Å²) in [4.78, 5) is 31.6. The molecule has 3 N–H and O–H groups in total. The van der Waals surface area contributed by atoms with E-state index in [1.54, 1.807) is 24.3 Å². The number of nitrogens with two attached hydrogens (primary N) is 1. The molecule has 0 spiro atoms. The molecule has 7 heteroatoms. The van der Waals surface area contributed by atoms with Crippen molar-refractivity contribution in [2.45, 2.75) is 44.2 Å². The van der Waals surface area contributed by atoms with E-state index in [0.717, 1.165) is 38.8 Å². The molecule has 2 aliphatic rings. The summed E-state index contributed by atoms with van der Waals surface area (Å²) in [5, 5.41) is 3.03. The van der Waals surface area contributed by atoms with Crippen LogP contribution in [0.15, 0.2) is 42.6 Å². The molecular weight excluding hydrogens is 383 g/mol. The minimum Gasteiger partial charge on any atom is -0.349 e. The fraction of sp³-hybridized carbons (Fsp3) is 0.435. The van der Waals surface area contributed by atoms with Crippen LogP contribution in [0, 0.1) is 11.7 Å². The molecule has 2 aromatic rings. The highest BCUT2D eigenvalue weighted by atomic mass is 19.1. The van der Waals surface area contributed by atoms with E-state index in [-0.39, 0.29) is 35.6 Å². The van der Waals surface area contributed by atoms with Crippen LogP contribution in [0.5, 0.6) is 0 Å². The summed E-state index contributed by atoms with van der Waals surface area (Å²) in [6, 6.07) is 9.79. The average molecular weight is 410 g/mol. The lowest BCUT2D eigenvalue weighted by Crippen LogP contribution is -2.45. The van der Waals surface area contributed by atoms with Crippen LogP contribution in [0.3, 0.4) is 0 Å². The van der Waals surface area contributed by atoms with Crippen molar-refractivity contribution in [3.63, 3.8) is 0 Å². The number of carbonyl (C=O) groups is 2. The number of pyridine rings is 1. The van der Waals surface area contributed by atoms with E-state index < -0.39 is 0 Å². The van der Waals surface area contributed by atoms with Crippen LogP contribution in [0.25, 0.3) is 11.3 Å². The van der Waals surface area contributed by atoms with Crippen molar-refractivity contribution in [3.8, 4) is 11.3 Å². The van der Waals surface area contributed by atoms with Gasteiger partial charge in [0.15, 0.2) is 0 Å². The van der Waals surface area contributed by atoms with Gasteiger partial charge in [-0.3, -0.25) is 14.6 Å². The van der Waals surface area contributed by atoms with Crippen LogP contribution < -0.4 is 11.1 Å². The van der Waals surface area contributed by atoms with Gasteiger partial charge < -0.3 is 16.0 Å². The summed E-state index contributed by atoms with van der Waals surface area (Å²) < 4.78 is 13.4. The van der Waals surface area contributed by atoms with E-state index in [1.807, 2.05) is 4.90 Å². The number of piperidine rings is 1. The summed E-state index contributed by atoms with van der Waals surface area (Å²) >= 11 is 0. The molecule has 6 nitrogen and oxygen atoms in total. The van der Waals surface area contributed by atoms with Gasteiger partial charge in [-0.25, -0.2) is 4.39 Å². The third-order valence-corrected chi connectivity index (χ3v) is 6.11. The molecule has 1 aromatic heterocycles. The minimum atomic E-state index is -0.325. The number of hydrogen-bond acceptors (Lipinski definition) is 4. The number of nitrogens with one attached hydrogen (secondary N) is 1. The SMILES string of the molecule is NC1CCN(C(=O)[C@@H]2CC[C@H](NC(=O)c3ccc(-c4cccc(F)c4)nc3)C2)CC1. The smallest absolute Gasteiger partial charge is 0.253 e. The van der Waals surface area contributed by atoms with Crippen LogP contribution in [-0.4, -0.2) is 46.9 Å². The first-order chi connectivity index (χ1) is 14.5. The summed E-state index contributed by atoms with van der Waals surface area (Å²) in [5.74, 6) is -0.359. The zero-order valence-electron chi connectivity index (χ0n) is 16.9. The number of likely N-dealkylation sites (tertiary alicyclic amines) is 1. The lowest BCUT2D eigenvalue weighted by molar-refractivity contribution is -0.136. The number of rotatable bonds is 4. The maximum atomic E-state index is 13.4. The number of hydrogen-bond donors (Lipinski definition) is 2. The van der Waals surface area contributed by atoms with E-state index in [9.17, 15) is 14.0 Å². The van der Waals surface area contributed by atoms with Gasteiger partial charge in [0.1, 0.15) is 5.82 Å². The number of carbonyl (C=O) groups excluding carboxylic acids is 2. The van der Waals surface area contributed by atoms with Gasteiger partial charge in [0, 0.05) is 42.9 Å². The maximum Gasteiger partial charge on any atom is 0.253 e. The molecular formula is C23H27FN4O2. The maximum absolute atomic E-state index is 13.4. The zero-order valence-corrected chi connectivity index (χ0v) is 16.9. The standard InChI is InChI=1S/C23H27FN4O2/c24-18-3-1-2-15(12-18)21-7-5-17(14-26-21)22(29)27-20-6-4-16(13-20)23(30)28-10-8-19(25)9-11-28/h1-3,5,7,12,14,16,19-20H,4,6,8-11,13,25H2,(H,27,29)/t16-,20+/m1/s1. The molecule has 1 aromatic carbocycles. The molecule has 2 amide bonds. The first kappa shape index (κ1) is 20.5. The Kier molecular flexibility index (Phi) is 6.08. The molecule has 0 radical (unpaired) electrons. The first-order valence-electron chi connectivity index (χ1n) is 10.6. The Bertz CT molecular complexity index is 910. The number of halogens is 1. The second kappa shape index (κ2) is 8.92. The Morgan fingerprint density at radius 1 is 1.10 bits per heavy atom. The highest BCUT2D eigenvalue weighted by Gasteiger charge is 2.34. The highest BCUT2D eigenvalue weighted by molar-refractivity contribution is 5.94. The molecule has 2 atom stereocenters. The average Bonchev–Trinajstić information content (AvgIpc) is 3.22. The molecule has 2 fully saturated rings. The Hall–Kier alpha value is -2.80. The van der Waals surface area contributed by atoms with E-state index >= 15 is 0 Å². The first-order valence-corrected chi connectivity index (χ1v) is 10.6. The van der Waals surface area contributed by atoms with Gasteiger partial charge in [0.2, 0.25) is 5.91 Å². The third-order valence-electron chi connectivity index (χ3n) is 6.11. The molecule has 4 rings (SSSR count). The van der Waals surface area contributed by atoms with E-state index in [2.05, 4.69) is 10.3 Å². The van der Waals surface area contributed by atoms with Crippen molar-refractivity contribution < 1.29 is 14.0 Å². The van der Waals surface area contributed by atoms with Crippen molar-refractivity contribution in [3.05, 3.63) is 54.0 Å². The van der Waals surface area contributed by atoms with Gasteiger partial charge in [-0.1, -0.05) is 12.1 Å². The summed E-state index contributed by atoms with van der Waals surface area (Å²) in [5.41, 5.74) is 7.65. The summed E-state index contributed by atoms with van der Waals surface area (Å²) in [6.07, 6.45) is 5.48. The van der Waals surface area contributed by atoms with Crippen LogP contribution >= 0.6 is 0 Å². The molecule has 1 saturated heterocycles. The van der Waals surface area contributed by atoms with Crippen LogP contribution in [-0.2, 0) is 4.79 Å². The Labute approximate surface area is 175 Å². The zero-order chi connectivity index (χ0) is 21.1. The van der Waals surface area contributed by atoms with Crippen LogP contribution in [0.4, 0.5) is 4.39 Å². The predicted molar refractivity (Wildman–Crippen MR) is 112 cm³/mol. The molecule has 0 unspecified atom stereocenters. The third kappa shape index (κ3) is 4.67. The molecule has 158 valence electrons. The second-order valence-corrected chi connectivity index (χ2v) is 8.29. The molecule has 0 bridgehead atoms. The molecule has 30 heavy (non-hydrogen) atoms.